The minimum absolute atomic E-state index is 0.241. The largest absolute Gasteiger partial charge is 0.478 e. The van der Waals surface area contributed by atoms with Crippen LogP contribution in [0.25, 0.3) is 0 Å². The standard InChI is InChI=1S/C11H14ClNO2/c1-3-7(2)13-10-6-8(11(14)15)4-5-9(10)12/h4-7,13H,3H2,1-2H3,(H,14,15). The molecule has 0 amide bonds. The molecular formula is C11H14ClNO2. The normalized spacial score (nSPS) is 12.2. The molecule has 0 aromatic heterocycles. The van der Waals surface area contributed by atoms with E-state index in [-0.39, 0.29) is 11.6 Å². The van der Waals surface area contributed by atoms with Crippen molar-refractivity contribution in [1.82, 2.24) is 0 Å². The summed E-state index contributed by atoms with van der Waals surface area (Å²) in [6.07, 6.45) is 0.952. The van der Waals surface area contributed by atoms with Gasteiger partial charge in [-0.25, -0.2) is 4.79 Å². The van der Waals surface area contributed by atoms with E-state index in [2.05, 4.69) is 5.32 Å². The minimum Gasteiger partial charge on any atom is -0.478 e. The second kappa shape index (κ2) is 5.03. The monoisotopic (exact) mass is 227 g/mol. The van der Waals surface area contributed by atoms with Crippen molar-refractivity contribution in [3.8, 4) is 0 Å². The highest BCUT2D eigenvalue weighted by Gasteiger charge is 2.08. The summed E-state index contributed by atoms with van der Waals surface area (Å²) in [5.74, 6) is -0.945. The van der Waals surface area contributed by atoms with Gasteiger partial charge >= 0.3 is 5.97 Å². The lowest BCUT2D eigenvalue weighted by Gasteiger charge is -2.14. The Kier molecular flexibility index (Phi) is 3.97. The third-order valence-electron chi connectivity index (χ3n) is 2.23. The maximum Gasteiger partial charge on any atom is 0.335 e. The molecule has 0 bridgehead atoms. The summed E-state index contributed by atoms with van der Waals surface area (Å²) in [4.78, 5) is 10.7. The van der Waals surface area contributed by atoms with Crippen LogP contribution in [0, 0.1) is 0 Å². The van der Waals surface area contributed by atoms with E-state index in [4.69, 9.17) is 16.7 Å². The first-order valence-electron chi connectivity index (χ1n) is 4.84. The van der Waals surface area contributed by atoms with Crippen molar-refractivity contribution in [1.29, 1.82) is 0 Å². The van der Waals surface area contributed by atoms with Crippen LogP contribution >= 0.6 is 11.6 Å². The molecule has 1 aromatic carbocycles. The summed E-state index contributed by atoms with van der Waals surface area (Å²) < 4.78 is 0. The number of aromatic carboxylic acids is 1. The first-order chi connectivity index (χ1) is 7.04. The fraction of sp³-hybridized carbons (Fsp3) is 0.364. The zero-order valence-electron chi connectivity index (χ0n) is 8.75. The number of hydrogen-bond donors (Lipinski definition) is 2. The molecule has 1 aromatic rings. The van der Waals surface area contributed by atoms with Gasteiger partial charge in [0, 0.05) is 6.04 Å². The van der Waals surface area contributed by atoms with Crippen LogP contribution in [0.2, 0.25) is 5.02 Å². The van der Waals surface area contributed by atoms with Gasteiger partial charge in [0.25, 0.3) is 0 Å². The number of rotatable bonds is 4. The van der Waals surface area contributed by atoms with Gasteiger partial charge in [0.05, 0.1) is 16.3 Å². The summed E-state index contributed by atoms with van der Waals surface area (Å²) in [5.41, 5.74) is 0.913. The van der Waals surface area contributed by atoms with E-state index in [0.29, 0.717) is 10.7 Å². The number of halogens is 1. The van der Waals surface area contributed by atoms with E-state index in [1.807, 2.05) is 13.8 Å². The minimum atomic E-state index is -0.945. The van der Waals surface area contributed by atoms with Crippen molar-refractivity contribution >= 4 is 23.3 Å². The fourth-order valence-corrected chi connectivity index (χ4v) is 1.31. The first-order valence-corrected chi connectivity index (χ1v) is 5.21. The molecule has 3 nitrogen and oxygen atoms in total. The van der Waals surface area contributed by atoms with Gasteiger partial charge in [-0.1, -0.05) is 18.5 Å². The van der Waals surface area contributed by atoms with Gasteiger partial charge < -0.3 is 10.4 Å². The highest BCUT2D eigenvalue weighted by atomic mass is 35.5. The molecule has 0 saturated heterocycles. The number of carboxylic acids is 1. The third-order valence-corrected chi connectivity index (χ3v) is 2.56. The second-order valence-electron chi connectivity index (χ2n) is 3.45. The summed E-state index contributed by atoms with van der Waals surface area (Å²) in [6, 6.07) is 4.91. The number of benzene rings is 1. The lowest BCUT2D eigenvalue weighted by molar-refractivity contribution is 0.0697. The molecule has 15 heavy (non-hydrogen) atoms. The Bertz CT molecular complexity index is 366. The molecule has 82 valence electrons. The van der Waals surface area contributed by atoms with E-state index in [1.54, 1.807) is 12.1 Å². The zero-order chi connectivity index (χ0) is 11.4. The van der Waals surface area contributed by atoms with Gasteiger partial charge in [0.15, 0.2) is 0 Å². The van der Waals surface area contributed by atoms with E-state index >= 15 is 0 Å². The maximum atomic E-state index is 10.7. The molecule has 0 aliphatic heterocycles. The van der Waals surface area contributed by atoms with Gasteiger partial charge in [-0.15, -0.1) is 0 Å². The molecule has 0 spiro atoms. The molecule has 0 fully saturated rings. The van der Waals surface area contributed by atoms with Crippen LogP contribution < -0.4 is 5.32 Å². The molecule has 2 N–H and O–H groups in total. The van der Waals surface area contributed by atoms with Crippen LogP contribution in [-0.2, 0) is 0 Å². The van der Waals surface area contributed by atoms with Crippen LogP contribution in [0.3, 0.4) is 0 Å². The molecule has 1 atom stereocenters. The first kappa shape index (κ1) is 11.9. The summed E-state index contributed by atoms with van der Waals surface area (Å²) in [7, 11) is 0. The SMILES string of the molecule is CCC(C)Nc1cc(C(=O)O)ccc1Cl. The summed E-state index contributed by atoms with van der Waals surface area (Å²) >= 11 is 5.95. The van der Waals surface area contributed by atoms with E-state index in [1.165, 1.54) is 6.07 Å². The molecule has 0 aliphatic rings. The summed E-state index contributed by atoms with van der Waals surface area (Å²) in [5, 5.41) is 12.5. The van der Waals surface area contributed by atoms with Crippen molar-refractivity contribution < 1.29 is 9.90 Å². The van der Waals surface area contributed by atoms with Gasteiger partial charge in [-0.2, -0.15) is 0 Å². The smallest absolute Gasteiger partial charge is 0.335 e. The predicted molar refractivity (Wildman–Crippen MR) is 61.8 cm³/mol. The Morgan fingerprint density at radius 1 is 1.60 bits per heavy atom. The molecule has 0 radical (unpaired) electrons. The number of carbonyl (C=O) groups is 1. The maximum absolute atomic E-state index is 10.7. The molecule has 0 heterocycles. The quantitative estimate of drug-likeness (QED) is 0.830. The van der Waals surface area contributed by atoms with Gasteiger partial charge in [0.1, 0.15) is 0 Å². The lowest BCUT2D eigenvalue weighted by atomic mass is 10.2. The molecule has 0 saturated carbocycles. The van der Waals surface area contributed by atoms with Crippen molar-refractivity contribution in [2.45, 2.75) is 26.3 Å². The van der Waals surface area contributed by atoms with Crippen molar-refractivity contribution in [2.75, 3.05) is 5.32 Å². The molecule has 1 unspecified atom stereocenters. The van der Waals surface area contributed by atoms with Crippen LogP contribution in [-0.4, -0.2) is 17.1 Å². The lowest BCUT2D eigenvalue weighted by Crippen LogP contribution is -2.14. The predicted octanol–water partition coefficient (Wildman–Crippen LogP) is 3.25. The van der Waals surface area contributed by atoms with Crippen molar-refractivity contribution in [3.05, 3.63) is 28.8 Å². The fourth-order valence-electron chi connectivity index (χ4n) is 1.14. The Hall–Kier alpha value is -1.22. The van der Waals surface area contributed by atoms with E-state index in [0.717, 1.165) is 6.42 Å². The molecule has 0 aliphatic carbocycles. The van der Waals surface area contributed by atoms with Crippen LogP contribution in [0.1, 0.15) is 30.6 Å². The zero-order valence-corrected chi connectivity index (χ0v) is 9.51. The Morgan fingerprint density at radius 2 is 2.27 bits per heavy atom. The number of anilines is 1. The third kappa shape index (κ3) is 3.13. The van der Waals surface area contributed by atoms with Crippen molar-refractivity contribution in [3.63, 3.8) is 0 Å². The van der Waals surface area contributed by atoms with E-state index in [9.17, 15) is 4.79 Å². The Balaban J connectivity index is 2.95. The van der Waals surface area contributed by atoms with Crippen LogP contribution in [0.5, 0.6) is 0 Å². The van der Waals surface area contributed by atoms with Crippen LogP contribution in [0.4, 0.5) is 5.69 Å². The number of nitrogens with one attached hydrogen (secondary N) is 1. The van der Waals surface area contributed by atoms with Gasteiger partial charge in [-0.3, -0.25) is 0 Å². The van der Waals surface area contributed by atoms with Crippen LogP contribution in [0.15, 0.2) is 18.2 Å². The molecule has 4 heteroatoms. The van der Waals surface area contributed by atoms with Gasteiger partial charge in [-0.05, 0) is 31.5 Å². The number of carboxylic acid groups (broad SMARTS) is 1. The number of hydrogen-bond acceptors (Lipinski definition) is 2. The highest BCUT2D eigenvalue weighted by molar-refractivity contribution is 6.33. The second-order valence-corrected chi connectivity index (χ2v) is 3.86. The highest BCUT2D eigenvalue weighted by Crippen LogP contribution is 2.24. The van der Waals surface area contributed by atoms with Gasteiger partial charge in [0.2, 0.25) is 0 Å². The average molecular weight is 228 g/mol. The van der Waals surface area contributed by atoms with Crippen molar-refractivity contribution in [2.24, 2.45) is 0 Å². The summed E-state index contributed by atoms with van der Waals surface area (Å²) in [6.45, 7) is 4.07. The van der Waals surface area contributed by atoms with E-state index < -0.39 is 5.97 Å². The topological polar surface area (TPSA) is 49.3 Å². The Labute approximate surface area is 94.1 Å². The molecule has 1 rings (SSSR count). The Morgan fingerprint density at radius 3 is 2.80 bits per heavy atom. The molecular weight excluding hydrogens is 214 g/mol. The average Bonchev–Trinajstić information content (AvgIpc) is 2.20.